The number of rotatable bonds is 7. The monoisotopic (exact) mass is 366 g/mol. The van der Waals surface area contributed by atoms with Gasteiger partial charge >= 0.3 is 0 Å². The highest BCUT2D eigenvalue weighted by Gasteiger charge is 2.17. The molecule has 0 aliphatic heterocycles. The van der Waals surface area contributed by atoms with Crippen molar-refractivity contribution in [2.45, 2.75) is 19.9 Å². The molecule has 6 nitrogen and oxygen atoms in total. The molecule has 3 rings (SSSR count). The Kier molecular flexibility index (Phi) is 5.76. The van der Waals surface area contributed by atoms with Crippen molar-refractivity contribution in [2.24, 2.45) is 0 Å². The molecule has 3 aromatic rings. The SMILES string of the molecule is COc1ccccc1CNC(=O)Cc1nc(-c2ccccc2OC)oc1C. The van der Waals surface area contributed by atoms with E-state index in [9.17, 15) is 4.79 Å². The van der Waals surface area contributed by atoms with Crippen molar-refractivity contribution in [3.8, 4) is 23.0 Å². The molecule has 0 aliphatic rings. The van der Waals surface area contributed by atoms with Crippen LogP contribution in [0.25, 0.3) is 11.5 Å². The molecule has 0 atom stereocenters. The van der Waals surface area contributed by atoms with Gasteiger partial charge in [-0.05, 0) is 25.1 Å². The number of para-hydroxylation sites is 2. The van der Waals surface area contributed by atoms with E-state index in [1.165, 1.54) is 0 Å². The zero-order valence-electron chi connectivity index (χ0n) is 15.6. The first-order valence-corrected chi connectivity index (χ1v) is 8.60. The Balaban J connectivity index is 1.69. The predicted octanol–water partition coefficient (Wildman–Crippen LogP) is 3.53. The smallest absolute Gasteiger partial charge is 0.230 e. The second-order valence-electron chi connectivity index (χ2n) is 5.99. The molecule has 0 bridgehead atoms. The standard InChI is InChI=1S/C21H22N2O4/c1-14-17(23-21(27-14)16-9-5-7-11-19(16)26-3)12-20(24)22-13-15-8-4-6-10-18(15)25-2/h4-11H,12-13H2,1-3H3,(H,22,24). The molecule has 0 unspecified atom stereocenters. The lowest BCUT2D eigenvalue weighted by Gasteiger charge is -2.09. The van der Waals surface area contributed by atoms with Gasteiger partial charge in [0.25, 0.3) is 0 Å². The Hall–Kier alpha value is -3.28. The van der Waals surface area contributed by atoms with Crippen LogP contribution in [-0.4, -0.2) is 25.1 Å². The van der Waals surface area contributed by atoms with E-state index in [1.54, 1.807) is 21.1 Å². The number of aromatic nitrogens is 1. The quantitative estimate of drug-likeness (QED) is 0.692. The van der Waals surface area contributed by atoms with Crippen LogP contribution in [0.5, 0.6) is 11.5 Å². The van der Waals surface area contributed by atoms with E-state index in [0.29, 0.717) is 29.6 Å². The van der Waals surface area contributed by atoms with Gasteiger partial charge in [-0.3, -0.25) is 4.79 Å². The lowest BCUT2D eigenvalue weighted by atomic mass is 10.2. The van der Waals surface area contributed by atoms with Crippen LogP contribution >= 0.6 is 0 Å². The molecule has 0 aliphatic carbocycles. The number of oxazole rings is 1. The highest BCUT2D eigenvalue weighted by atomic mass is 16.5. The van der Waals surface area contributed by atoms with Crippen molar-refractivity contribution >= 4 is 5.91 Å². The minimum Gasteiger partial charge on any atom is -0.496 e. The number of carbonyl (C=O) groups is 1. The third-order valence-electron chi connectivity index (χ3n) is 4.23. The Morgan fingerprint density at radius 2 is 1.70 bits per heavy atom. The van der Waals surface area contributed by atoms with Crippen molar-refractivity contribution in [1.82, 2.24) is 10.3 Å². The molecule has 1 amide bonds. The summed E-state index contributed by atoms with van der Waals surface area (Å²) in [6, 6.07) is 15.1. The Morgan fingerprint density at radius 1 is 1.04 bits per heavy atom. The van der Waals surface area contributed by atoms with Gasteiger partial charge in [0.05, 0.1) is 31.9 Å². The lowest BCUT2D eigenvalue weighted by Crippen LogP contribution is -2.25. The van der Waals surface area contributed by atoms with Crippen molar-refractivity contribution in [3.05, 3.63) is 65.5 Å². The fourth-order valence-corrected chi connectivity index (χ4v) is 2.79. The second kappa shape index (κ2) is 8.40. The molecular formula is C21H22N2O4. The Labute approximate surface area is 158 Å². The minimum atomic E-state index is -0.135. The Bertz CT molecular complexity index is 933. The van der Waals surface area contributed by atoms with E-state index in [0.717, 1.165) is 16.9 Å². The number of nitrogens with zero attached hydrogens (tertiary/aromatic N) is 1. The number of methoxy groups -OCH3 is 2. The maximum Gasteiger partial charge on any atom is 0.230 e. The van der Waals surface area contributed by atoms with E-state index in [1.807, 2.05) is 48.5 Å². The maximum atomic E-state index is 12.3. The van der Waals surface area contributed by atoms with Crippen molar-refractivity contribution in [3.63, 3.8) is 0 Å². The maximum absolute atomic E-state index is 12.3. The lowest BCUT2D eigenvalue weighted by molar-refractivity contribution is -0.120. The van der Waals surface area contributed by atoms with Crippen LogP contribution in [-0.2, 0) is 17.8 Å². The number of amides is 1. The van der Waals surface area contributed by atoms with Gasteiger partial charge in [0, 0.05) is 12.1 Å². The molecule has 2 aromatic carbocycles. The van der Waals surface area contributed by atoms with Crippen LogP contribution in [0.1, 0.15) is 17.0 Å². The van der Waals surface area contributed by atoms with Gasteiger partial charge in [0.15, 0.2) is 0 Å². The van der Waals surface area contributed by atoms with Gasteiger partial charge in [-0.15, -0.1) is 0 Å². The number of aryl methyl sites for hydroxylation is 1. The van der Waals surface area contributed by atoms with Gasteiger partial charge in [-0.25, -0.2) is 4.98 Å². The van der Waals surface area contributed by atoms with Gasteiger partial charge < -0.3 is 19.2 Å². The Morgan fingerprint density at radius 3 is 2.44 bits per heavy atom. The first-order chi connectivity index (χ1) is 13.1. The average Bonchev–Trinajstić information content (AvgIpc) is 3.06. The van der Waals surface area contributed by atoms with Crippen LogP contribution in [0.15, 0.2) is 52.9 Å². The number of carbonyl (C=O) groups excluding carboxylic acids is 1. The molecule has 0 radical (unpaired) electrons. The van der Waals surface area contributed by atoms with Crippen LogP contribution in [0.2, 0.25) is 0 Å². The van der Waals surface area contributed by atoms with Gasteiger partial charge in [0.2, 0.25) is 11.8 Å². The molecule has 0 spiro atoms. The average molecular weight is 366 g/mol. The molecule has 27 heavy (non-hydrogen) atoms. The summed E-state index contributed by atoms with van der Waals surface area (Å²) in [5.74, 6) is 2.34. The molecule has 1 heterocycles. The number of benzene rings is 2. The first-order valence-electron chi connectivity index (χ1n) is 8.60. The number of hydrogen-bond donors (Lipinski definition) is 1. The third-order valence-corrected chi connectivity index (χ3v) is 4.23. The zero-order valence-corrected chi connectivity index (χ0v) is 15.6. The second-order valence-corrected chi connectivity index (χ2v) is 5.99. The normalized spacial score (nSPS) is 10.5. The highest BCUT2D eigenvalue weighted by molar-refractivity contribution is 5.78. The van der Waals surface area contributed by atoms with Gasteiger partial charge in [-0.1, -0.05) is 30.3 Å². The molecule has 1 N–H and O–H groups in total. The molecule has 140 valence electrons. The molecule has 6 heteroatoms. The predicted molar refractivity (Wildman–Crippen MR) is 102 cm³/mol. The van der Waals surface area contributed by atoms with E-state index >= 15 is 0 Å². The van der Waals surface area contributed by atoms with E-state index in [4.69, 9.17) is 13.9 Å². The number of ether oxygens (including phenoxy) is 2. The highest BCUT2D eigenvalue weighted by Crippen LogP contribution is 2.30. The summed E-state index contributed by atoms with van der Waals surface area (Å²) in [5, 5.41) is 2.90. The van der Waals surface area contributed by atoms with E-state index < -0.39 is 0 Å². The molecule has 1 aromatic heterocycles. The van der Waals surface area contributed by atoms with Crippen LogP contribution in [0.3, 0.4) is 0 Å². The van der Waals surface area contributed by atoms with Crippen molar-refractivity contribution < 1.29 is 18.7 Å². The van der Waals surface area contributed by atoms with Crippen molar-refractivity contribution in [2.75, 3.05) is 14.2 Å². The summed E-state index contributed by atoms with van der Waals surface area (Å²) in [7, 11) is 3.21. The topological polar surface area (TPSA) is 73.6 Å². The van der Waals surface area contributed by atoms with Crippen LogP contribution < -0.4 is 14.8 Å². The summed E-state index contributed by atoms with van der Waals surface area (Å²) in [6.45, 7) is 2.19. The molecule has 0 fully saturated rings. The third kappa shape index (κ3) is 4.28. The van der Waals surface area contributed by atoms with E-state index in [2.05, 4.69) is 10.3 Å². The number of nitrogens with one attached hydrogen (secondary N) is 1. The molecule has 0 saturated carbocycles. The van der Waals surface area contributed by atoms with Gasteiger partial charge in [0.1, 0.15) is 17.3 Å². The first kappa shape index (κ1) is 18.5. The fourth-order valence-electron chi connectivity index (χ4n) is 2.79. The zero-order chi connectivity index (χ0) is 19.2. The number of hydrogen-bond acceptors (Lipinski definition) is 5. The summed E-state index contributed by atoms with van der Waals surface area (Å²) < 4.78 is 16.4. The van der Waals surface area contributed by atoms with Crippen LogP contribution in [0, 0.1) is 6.92 Å². The molecular weight excluding hydrogens is 344 g/mol. The van der Waals surface area contributed by atoms with Gasteiger partial charge in [-0.2, -0.15) is 0 Å². The largest absolute Gasteiger partial charge is 0.496 e. The summed E-state index contributed by atoms with van der Waals surface area (Å²) in [6.07, 6.45) is 0.139. The summed E-state index contributed by atoms with van der Waals surface area (Å²) >= 11 is 0. The van der Waals surface area contributed by atoms with Crippen LogP contribution in [0.4, 0.5) is 0 Å². The van der Waals surface area contributed by atoms with Crippen molar-refractivity contribution in [1.29, 1.82) is 0 Å². The summed E-state index contributed by atoms with van der Waals surface area (Å²) in [4.78, 5) is 16.8. The fraction of sp³-hybridized carbons (Fsp3) is 0.238. The molecule has 0 saturated heterocycles. The minimum absolute atomic E-state index is 0.135. The van der Waals surface area contributed by atoms with E-state index in [-0.39, 0.29) is 12.3 Å². The summed E-state index contributed by atoms with van der Waals surface area (Å²) in [5.41, 5.74) is 2.28.